The summed E-state index contributed by atoms with van der Waals surface area (Å²) in [6, 6.07) is 10.5. The largest absolute Gasteiger partial charge is 0.486 e. The van der Waals surface area contributed by atoms with Gasteiger partial charge in [-0.15, -0.1) is 0 Å². The number of carbonyl (C=O) groups excluding carboxylic acids is 1. The number of nitrogens with zero attached hydrogens (tertiary/aromatic N) is 2. The monoisotopic (exact) mass is 467 g/mol. The number of benzene rings is 2. The van der Waals surface area contributed by atoms with Crippen molar-refractivity contribution in [3.8, 4) is 11.8 Å². The summed E-state index contributed by atoms with van der Waals surface area (Å²) in [7, 11) is 0. The second-order valence-corrected chi connectivity index (χ2v) is 7.65. The molecule has 0 aliphatic carbocycles. The first-order valence-corrected chi connectivity index (χ1v) is 9.56. The molecule has 3 rings (SSSR count). The summed E-state index contributed by atoms with van der Waals surface area (Å²) in [6.45, 7) is 1.11. The van der Waals surface area contributed by atoms with Crippen molar-refractivity contribution in [1.82, 2.24) is 10.3 Å². The van der Waals surface area contributed by atoms with Crippen molar-refractivity contribution in [3.05, 3.63) is 69.8 Å². The summed E-state index contributed by atoms with van der Waals surface area (Å²) >= 11 is 12.4. The molecule has 0 bridgehead atoms. The predicted molar refractivity (Wildman–Crippen MR) is 110 cm³/mol. The molecule has 1 aromatic heterocycles. The normalized spacial score (nSPS) is 13.3. The minimum absolute atomic E-state index is 0.0360. The zero-order valence-electron chi connectivity index (χ0n) is 15.9. The Labute approximate surface area is 185 Å². The molecule has 5 nitrogen and oxygen atoms in total. The molecule has 2 aromatic carbocycles. The van der Waals surface area contributed by atoms with Gasteiger partial charge in [-0.3, -0.25) is 9.78 Å². The Morgan fingerprint density at radius 2 is 1.87 bits per heavy atom. The lowest BCUT2D eigenvalue weighted by Gasteiger charge is -2.24. The highest BCUT2D eigenvalue weighted by Crippen LogP contribution is 2.37. The van der Waals surface area contributed by atoms with Crippen LogP contribution in [0.3, 0.4) is 0 Å². The minimum atomic E-state index is -4.52. The van der Waals surface area contributed by atoms with Gasteiger partial charge in [0.1, 0.15) is 12.1 Å². The average Bonchev–Trinajstić information content (AvgIpc) is 2.73. The number of nitrogens with one attached hydrogen (secondary N) is 1. The maximum absolute atomic E-state index is 12.7. The van der Waals surface area contributed by atoms with Crippen LogP contribution in [-0.4, -0.2) is 23.0 Å². The van der Waals surface area contributed by atoms with Crippen molar-refractivity contribution >= 4 is 40.0 Å². The van der Waals surface area contributed by atoms with Crippen LogP contribution < -0.4 is 10.1 Å². The number of hydrogen-bond donors (Lipinski definition) is 1. The van der Waals surface area contributed by atoms with E-state index in [-0.39, 0.29) is 22.9 Å². The van der Waals surface area contributed by atoms with E-state index in [1.165, 1.54) is 19.2 Å². The third-order valence-corrected chi connectivity index (χ3v) is 4.96. The highest BCUT2D eigenvalue weighted by Gasteiger charge is 2.32. The molecular weight excluding hydrogens is 454 g/mol. The van der Waals surface area contributed by atoms with Crippen LogP contribution in [0.25, 0.3) is 10.9 Å². The van der Waals surface area contributed by atoms with E-state index in [2.05, 4.69) is 10.3 Å². The second-order valence-electron chi connectivity index (χ2n) is 6.83. The Kier molecular flexibility index (Phi) is 6.30. The second kappa shape index (κ2) is 8.61. The molecule has 160 valence electrons. The number of aromatic nitrogens is 1. The number of ether oxygens (including phenoxy) is 1. The first-order chi connectivity index (χ1) is 14.5. The number of nitriles is 1. The van der Waals surface area contributed by atoms with Crippen molar-refractivity contribution in [3.63, 3.8) is 0 Å². The highest BCUT2D eigenvalue weighted by atomic mass is 35.5. The minimum Gasteiger partial charge on any atom is -0.486 e. The van der Waals surface area contributed by atoms with Crippen molar-refractivity contribution in [2.75, 3.05) is 6.61 Å². The van der Waals surface area contributed by atoms with Crippen LogP contribution in [0.2, 0.25) is 10.0 Å². The number of carbonyl (C=O) groups is 1. The number of hydrogen-bond acceptors (Lipinski definition) is 4. The molecule has 0 spiro atoms. The Morgan fingerprint density at radius 1 is 1.19 bits per heavy atom. The van der Waals surface area contributed by atoms with E-state index in [0.29, 0.717) is 15.9 Å². The zero-order valence-corrected chi connectivity index (χ0v) is 17.4. The number of alkyl halides is 3. The average molecular weight is 468 g/mol. The van der Waals surface area contributed by atoms with Gasteiger partial charge in [0.15, 0.2) is 11.3 Å². The Hall–Kier alpha value is -3.02. The molecule has 1 unspecified atom stereocenters. The van der Waals surface area contributed by atoms with Crippen molar-refractivity contribution in [2.45, 2.75) is 18.6 Å². The molecule has 3 aromatic rings. The van der Waals surface area contributed by atoms with E-state index in [0.717, 1.165) is 24.3 Å². The number of fused-ring (bicyclic) bond motifs is 1. The van der Waals surface area contributed by atoms with Gasteiger partial charge in [0.25, 0.3) is 5.91 Å². The van der Waals surface area contributed by atoms with Gasteiger partial charge in [0.05, 0.1) is 21.7 Å². The maximum atomic E-state index is 12.7. The Balaban J connectivity index is 1.79. The molecule has 0 aliphatic rings. The lowest BCUT2D eigenvalue weighted by atomic mass is 10.0. The Morgan fingerprint density at radius 3 is 2.48 bits per heavy atom. The van der Waals surface area contributed by atoms with E-state index in [1.54, 1.807) is 12.1 Å². The molecule has 0 radical (unpaired) electrons. The lowest BCUT2D eigenvalue weighted by Crippen LogP contribution is -2.49. The van der Waals surface area contributed by atoms with Crippen LogP contribution in [0.5, 0.6) is 5.75 Å². The van der Waals surface area contributed by atoms with Gasteiger partial charge >= 0.3 is 6.18 Å². The summed E-state index contributed by atoms with van der Waals surface area (Å²) < 4.78 is 43.8. The molecule has 1 N–H and O–H groups in total. The standard InChI is InChI=1S/C21H14Cl2F3N3O2/c1-20(10-27,29-19(30)12-4-6-13(7-5-12)21(24,25)26)11-31-18-16(23)9-15(22)14-3-2-8-28-17(14)18/h2-9H,11H2,1H3,(H,29,30). The Bertz CT molecular complexity index is 1180. The maximum Gasteiger partial charge on any atom is 0.416 e. The van der Waals surface area contributed by atoms with E-state index < -0.39 is 23.2 Å². The van der Waals surface area contributed by atoms with Gasteiger partial charge in [-0.1, -0.05) is 23.2 Å². The van der Waals surface area contributed by atoms with E-state index in [1.807, 2.05) is 6.07 Å². The smallest absolute Gasteiger partial charge is 0.416 e. The lowest BCUT2D eigenvalue weighted by molar-refractivity contribution is -0.137. The van der Waals surface area contributed by atoms with E-state index >= 15 is 0 Å². The van der Waals surface area contributed by atoms with Gasteiger partial charge in [0.2, 0.25) is 0 Å². The number of halogens is 5. The summed E-state index contributed by atoms with van der Waals surface area (Å²) in [4.78, 5) is 16.7. The summed E-state index contributed by atoms with van der Waals surface area (Å²) in [5, 5.41) is 13.2. The first kappa shape index (κ1) is 22.7. The number of rotatable bonds is 5. The summed E-state index contributed by atoms with van der Waals surface area (Å²) in [5.74, 6) is -0.543. The molecular formula is C21H14Cl2F3N3O2. The zero-order chi connectivity index (χ0) is 22.8. The fourth-order valence-electron chi connectivity index (χ4n) is 2.73. The van der Waals surface area contributed by atoms with Crippen LogP contribution >= 0.6 is 23.2 Å². The molecule has 1 atom stereocenters. The van der Waals surface area contributed by atoms with Crippen molar-refractivity contribution in [2.24, 2.45) is 0 Å². The van der Waals surface area contributed by atoms with Crippen LogP contribution in [0, 0.1) is 11.3 Å². The predicted octanol–water partition coefficient (Wildman–Crippen LogP) is 5.65. The first-order valence-electron chi connectivity index (χ1n) is 8.80. The van der Waals surface area contributed by atoms with Crippen LogP contribution in [0.1, 0.15) is 22.8 Å². The molecule has 0 saturated carbocycles. The molecule has 31 heavy (non-hydrogen) atoms. The molecule has 10 heteroatoms. The van der Waals surface area contributed by atoms with Gasteiger partial charge in [-0.05, 0) is 49.4 Å². The molecule has 0 aliphatic heterocycles. The van der Waals surface area contributed by atoms with E-state index in [9.17, 15) is 23.2 Å². The summed E-state index contributed by atoms with van der Waals surface area (Å²) in [5.41, 5.74) is -2.04. The fraction of sp³-hybridized carbons (Fsp3) is 0.190. The van der Waals surface area contributed by atoms with Gasteiger partial charge < -0.3 is 10.1 Å². The fourth-order valence-corrected chi connectivity index (χ4v) is 3.30. The van der Waals surface area contributed by atoms with Gasteiger partial charge in [0, 0.05) is 17.1 Å². The van der Waals surface area contributed by atoms with Gasteiger partial charge in [-0.25, -0.2) is 0 Å². The summed E-state index contributed by atoms with van der Waals surface area (Å²) in [6.07, 6.45) is -2.99. The molecule has 1 amide bonds. The van der Waals surface area contributed by atoms with Crippen molar-refractivity contribution in [1.29, 1.82) is 5.26 Å². The van der Waals surface area contributed by atoms with Crippen LogP contribution in [-0.2, 0) is 6.18 Å². The SMILES string of the molecule is CC(C#N)(COc1c(Cl)cc(Cl)c2cccnc12)NC(=O)c1ccc(C(F)(F)F)cc1. The third-order valence-electron chi connectivity index (χ3n) is 4.37. The van der Waals surface area contributed by atoms with Crippen LogP contribution in [0.4, 0.5) is 13.2 Å². The third kappa shape index (κ3) is 5.01. The molecule has 0 saturated heterocycles. The molecule has 1 heterocycles. The number of amides is 1. The van der Waals surface area contributed by atoms with Crippen LogP contribution in [0.15, 0.2) is 48.7 Å². The topological polar surface area (TPSA) is 75.0 Å². The van der Waals surface area contributed by atoms with Crippen molar-refractivity contribution < 1.29 is 22.7 Å². The highest BCUT2D eigenvalue weighted by molar-refractivity contribution is 6.39. The van der Waals surface area contributed by atoms with E-state index in [4.69, 9.17) is 27.9 Å². The quantitative estimate of drug-likeness (QED) is 0.525. The van der Waals surface area contributed by atoms with Gasteiger partial charge in [-0.2, -0.15) is 18.4 Å². The number of pyridine rings is 1. The molecule has 0 fully saturated rings.